The molecule has 0 radical (unpaired) electrons. The van der Waals surface area contributed by atoms with Gasteiger partial charge in [-0.25, -0.2) is 5.43 Å². The van der Waals surface area contributed by atoms with E-state index in [4.69, 9.17) is 25.8 Å². The van der Waals surface area contributed by atoms with Crippen LogP contribution >= 0.6 is 27.5 Å². The van der Waals surface area contributed by atoms with E-state index in [-0.39, 0.29) is 12.5 Å². The molecule has 4 rings (SSSR count). The molecule has 0 aliphatic rings. The topological polar surface area (TPSA) is 69.2 Å². The van der Waals surface area contributed by atoms with Crippen LogP contribution in [-0.4, -0.2) is 25.3 Å². The van der Waals surface area contributed by atoms with Crippen LogP contribution in [0.5, 0.6) is 17.2 Å². The van der Waals surface area contributed by atoms with E-state index < -0.39 is 0 Å². The molecule has 0 atom stereocenters. The molecule has 0 fully saturated rings. The molecule has 0 aromatic heterocycles. The highest BCUT2D eigenvalue weighted by molar-refractivity contribution is 9.10. The Morgan fingerprint density at radius 2 is 1.72 bits per heavy atom. The van der Waals surface area contributed by atoms with Crippen LogP contribution in [0.1, 0.15) is 18.1 Å². The van der Waals surface area contributed by atoms with Crippen LogP contribution in [0.15, 0.2) is 88.4 Å². The van der Waals surface area contributed by atoms with Gasteiger partial charge in [0.1, 0.15) is 12.4 Å². The Morgan fingerprint density at radius 1 is 0.944 bits per heavy atom. The van der Waals surface area contributed by atoms with Gasteiger partial charge in [0.25, 0.3) is 5.91 Å². The van der Waals surface area contributed by atoms with E-state index in [0.717, 1.165) is 26.4 Å². The number of rotatable bonds is 10. The molecule has 6 nitrogen and oxygen atoms in total. The molecular weight excluding hydrogens is 544 g/mol. The predicted molar refractivity (Wildman–Crippen MR) is 146 cm³/mol. The molecule has 1 amide bonds. The fourth-order valence-corrected chi connectivity index (χ4v) is 4.15. The number of carbonyl (C=O) groups is 1. The second kappa shape index (κ2) is 12.4. The second-order valence-corrected chi connectivity index (χ2v) is 8.96. The average molecular weight is 568 g/mol. The van der Waals surface area contributed by atoms with E-state index in [1.54, 1.807) is 6.07 Å². The number of nitrogens with one attached hydrogen (secondary N) is 1. The van der Waals surface area contributed by atoms with Crippen LogP contribution in [0.25, 0.3) is 10.8 Å². The third-order valence-corrected chi connectivity index (χ3v) is 6.23. The number of hydrazone groups is 1. The maximum Gasteiger partial charge on any atom is 0.277 e. The van der Waals surface area contributed by atoms with E-state index in [1.807, 2.05) is 79.7 Å². The van der Waals surface area contributed by atoms with Crippen molar-refractivity contribution in [3.8, 4) is 17.2 Å². The second-order valence-electron chi connectivity index (χ2n) is 7.73. The molecule has 4 aromatic carbocycles. The Balaban J connectivity index is 1.33. The van der Waals surface area contributed by atoms with Gasteiger partial charge in [0.15, 0.2) is 18.1 Å². The summed E-state index contributed by atoms with van der Waals surface area (Å²) in [4.78, 5) is 12.2. The molecule has 0 aliphatic carbocycles. The monoisotopic (exact) mass is 566 g/mol. The summed E-state index contributed by atoms with van der Waals surface area (Å²) >= 11 is 9.49. The number of nitrogens with zero attached hydrogens (tertiary/aromatic N) is 1. The van der Waals surface area contributed by atoms with Crippen molar-refractivity contribution >= 4 is 50.4 Å². The Labute approximate surface area is 223 Å². The first-order valence-electron chi connectivity index (χ1n) is 11.3. The summed E-state index contributed by atoms with van der Waals surface area (Å²) in [5, 5.41) is 6.81. The zero-order valence-corrected chi connectivity index (χ0v) is 21.9. The number of hydrogen-bond donors (Lipinski definition) is 1. The van der Waals surface area contributed by atoms with Gasteiger partial charge >= 0.3 is 0 Å². The standard InChI is InChI=1S/C28H24BrClN2O4/c1-2-34-26-15-20(9-13-24(26)35-17-19-7-11-22(30)12-8-19)16-31-32-27(33)18-36-25-14-10-21-5-3-4-6-23(21)28(25)29/h3-16H,2,17-18H2,1H3,(H,32,33)/b31-16+. The van der Waals surface area contributed by atoms with Crippen molar-refractivity contribution in [3.05, 3.63) is 99.5 Å². The number of ether oxygens (including phenoxy) is 3. The lowest BCUT2D eigenvalue weighted by molar-refractivity contribution is -0.123. The zero-order chi connectivity index (χ0) is 25.3. The zero-order valence-electron chi connectivity index (χ0n) is 19.5. The van der Waals surface area contributed by atoms with Gasteiger partial charge in [0, 0.05) is 5.02 Å². The number of halogens is 2. The molecule has 0 saturated carbocycles. The van der Waals surface area contributed by atoms with Crippen molar-refractivity contribution < 1.29 is 19.0 Å². The Bertz CT molecular complexity index is 1380. The molecule has 0 saturated heterocycles. The van der Waals surface area contributed by atoms with Crippen molar-refractivity contribution in [3.63, 3.8) is 0 Å². The summed E-state index contributed by atoms with van der Waals surface area (Å²) < 4.78 is 18.1. The molecule has 0 unspecified atom stereocenters. The van der Waals surface area contributed by atoms with E-state index in [9.17, 15) is 4.79 Å². The van der Waals surface area contributed by atoms with Crippen LogP contribution in [-0.2, 0) is 11.4 Å². The van der Waals surface area contributed by atoms with Crippen LogP contribution in [0, 0.1) is 0 Å². The van der Waals surface area contributed by atoms with Gasteiger partial charge in [-0.05, 0) is 81.2 Å². The highest BCUT2D eigenvalue weighted by Gasteiger charge is 2.09. The predicted octanol–water partition coefficient (Wildman–Crippen LogP) is 6.76. The summed E-state index contributed by atoms with van der Waals surface area (Å²) in [6.45, 7) is 2.60. The van der Waals surface area contributed by atoms with Gasteiger partial charge < -0.3 is 14.2 Å². The summed E-state index contributed by atoms with van der Waals surface area (Å²) in [6.07, 6.45) is 1.54. The quantitative estimate of drug-likeness (QED) is 0.170. The Morgan fingerprint density at radius 3 is 2.53 bits per heavy atom. The fraction of sp³-hybridized carbons (Fsp3) is 0.143. The Hall–Kier alpha value is -3.55. The van der Waals surface area contributed by atoms with Gasteiger partial charge in [0.2, 0.25) is 0 Å². The first kappa shape index (κ1) is 25.5. The minimum absolute atomic E-state index is 0.171. The number of amides is 1. The Kier molecular flexibility index (Phi) is 8.81. The molecule has 4 aromatic rings. The SMILES string of the molecule is CCOc1cc(/C=N/NC(=O)COc2ccc3ccccc3c2Br)ccc1OCc1ccc(Cl)cc1. The molecule has 36 heavy (non-hydrogen) atoms. The number of benzene rings is 4. The van der Waals surface area contributed by atoms with Crippen LogP contribution in [0.4, 0.5) is 0 Å². The number of carbonyl (C=O) groups excluding carboxylic acids is 1. The maximum absolute atomic E-state index is 12.2. The van der Waals surface area contributed by atoms with Crippen LogP contribution in [0.2, 0.25) is 5.02 Å². The maximum atomic E-state index is 12.2. The summed E-state index contributed by atoms with van der Waals surface area (Å²) in [7, 11) is 0. The van der Waals surface area contributed by atoms with Crippen LogP contribution in [0.3, 0.4) is 0 Å². The lowest BCUT2D eigenvalue weighted by Crippen LogP contribution is -2.24. The third kappa shape index (κ3) is 6.77. The van der Waals surface area contributed by atoms with Gasteiger partial charge in [-0.3, -0.25) is 4.79 Å². The van der Waals surface area contributed by atoms with Crippen molar-refractivity contribution in [1.82, 2.24) is 5.43 Å². The lowest BCUT2D eigenvalue weighted by atomic mass is 10.1. The smallest absolute Gasteiger partial charge is 0.277 e. The molecule has 0 spiro atoms. The molecular formula is C28H24BrClN2O4. The van der Waals surface area contributed by atoms with Crippen molar-refractivity contribution in [2.24, 2.45) is 5.10 Å². The number of fused-ring (bicyclic) bond motifs is 1. The fourth-order valence-electron chi connectivity index (χ4n) is 3.41. The molecule has 0 aliphatic heterocycles. The molecule has 1 N–H and O–H groups in total. The number of hydrogen-bond acceptors (Lipinski definition) is 5. The minimum atomic E-state index is -0.376. The molecule has 0 bridgehead atoms. The van der Waals surface area contributed by atoms with Gasteiger partial charge in [-0.1, -0.05) is 54.1 Å². The summed E-state index contributed by atoms with van der Waals surface area (Å²) in [5.41, 5.74) is 4.22. The van der Waals surface area contributed by atoms with Gasteiger partial charge in [0.05, 0.1) is 17.3 Å². The third-order valence-electron chi connectivity index (χ3n) is 5.16. The summed E-state index contributed by atoms with van der Waals surface area (Å²) in [6, 6.07) is 24.6. The van der Waals surface area contributed by atoms with E-state index in [1.165, 1.54) is 6.21 Å². The van der Waals surface area contributed by atoms with Gasteiger partial charge in [-0.15, -0.1) is 0 Å². The van der Waals surface area contributed by atoms with Crippen molar-refractivity contribution in [2.75, 3.05) is 13.2 Å². The van der Waals surface area contributed by atoms with Crippen LogP contribution < -0.4 is 19.6 Å². The highest BCUT2D eigenvalue weighted by atomic mass is 79.9. The van der Waals surface area contributed by atoms with Crippen molar-refractivity contribution in [1.29, 1.82) is 0 Å². The minimum Gasteiger partial charge on any atom is -0.490 e. The highest BCUT2D eigenvalue weighted by Crippen LogP contribution is 2.33. The van der Waals surface area contributed by atoms with E-state index >= 15 is 0 Å². The van der Waals surface area contributed by atoms with Gasteiger partial charge in [-0.2, -0.15) is 5.10 Å². The average Bonchev–Trinajstić information content (AvgIpc) is 2.89. The first-order valence-corrected chi connectivity index (χ1v) is 12.5. The molecule has 184 valence electrons. The van der Waals surface area contributed by atoms with E-state index in [0.29, 0.717) is 35.5 Å². The first-order chi connectivity index (χ1) is 17.5. The largest absolute Gasteiger partial charge is 0.490 e. The van der Waals surface area contributed by atoms with E-state index in [2.05, 4.69) is 26.5 Å². The molecule has 8 heteroatoms. The normalized spacial score (nSPS) is 11.0. The molecule has 0 heterocycles. The van der Waals surface area contributed by atoms with Crippen molar-refractivity contribution in [2.45, 2.75) is 13.5 Å². The summed E-state index contributed by atoms with van der Waals surface area (Å²) in [5.74, 6) is 1.41. The lowest BCUT2D eigenvalue weighted by Gasteiger charge is -2.12.